The molecule has 1 saturated heterocycles. The molecule has 0 bridgehead atoms. The smallest absolute Gasteiger partial charge is 0.242 e. The van der Waals surface area contributed by atoms with Gasteiger partial charge in [0.2, 0.25) is 17.7 Å². The SMILES string of the molecule is CC(C)C(N)CCN(C)C(=O)CN1C(=O)C2CCCCC2C1=O.Cl. The van der Waals surface area contributed by atoms with Crippen LogP contribution in [0.4, 0.5) is 0 Å². The highest BCUT2D eigenvalue weighted by molar-refractivity contribution is 6.07. The Bertz CT molecular complexity index is 460. The van der Waals surface area contributed by atoms with Crippen LogP contribution in [0.25, 0.3) is 0 Å². The maximum absolute atomic E-state index is 12.4. The molecular weight excluding hydrogens is 330 g/mol. The molecule has 0 aromatic rings. The van der Waals surface area contributed by atoms with Crippen molar-refractivity contribution in [2.45, 2.75) is 52.0 Å². The number of hydrogen-bond donors (Lipinski definition) is 1. The minimum absolute atomic E-state index is 0. The summed E-state index contributed by atoms with van der Waals surface area (Å²) in [5.41, 5.74) is 6.00. The van der Waals surface area contributed by atoms with E-state index in [0.29, 0.717) is 18.9 Å². The van der Waals surface area contributed by atoms with Gasteiger partial charge in [0.1, 0.15) is 6.54 Å². The highest BCUT2D eigenvalue weighted by Gasteiger charge is 2.48. The predicted molar refractivity (Wildman–Crippen MR) is 94.5 cm³/mol. The number of likely N-dealkylation sites (N-methyl/N-ethyl adjacent to an activating group) is 1. The van der Waals surface area contributed by atoms with Gasteiger partial charge in [0, 0.05) is 19.6 Å². The quantitative estimate of drug-likeness (QED) is 0.727. The van der Waals surface area contributed by atoms with Crippen LogP contribution in [-0.4, -0.2) is 53.7 Å². The summed E-state index contributed by atoms with van der Waals surface area (Å²) in [6.45, 7) is 4.52. The minimum Gasteiger partial charge on any atom is -0.344 e. The van der Waals surface area contributed by atoms with E-state index in [9.17, 15) is 14.4 Å². The number of nitrogens with two attached hydrogens (primary N) is 1. The van der Waals surface area contributed by atoms with Gasteiger partial charge < -0.3 is 10.6 Å². The first-order valence-electron chi connectivity index (χ1n) is 8.67. The Morgan fingerprint density at radius 1 is 1.21 bits per heavy atom. The van der Waals surface area contributed by atoms with Gasteiger partial charge in [-0.15, -0.1) is 12.4 Å². The van der Waals surface area contributed by atoms with Crippen molar-refractivity contribution in [3.05, 3.63) is 0 Å². The van der Waals surface area contributed by atoms with Crippen molar-refractivity contribution >= 4 is 30.1 Å². The standard InChI is InChI=1S/C17H29N3O3.ClH/c1-11(2)14(18)8-9-19(3)15(21)10-20-16(22)12-6-4-5-7-13(12)17(20)23;/h11-14H,4-10,18H2,1-3H3;1H. The summed E-state index contributed by atoms with van der Waals surface area (Å²) >= 11 is 0. The summed E-state index contributed by atoms with van der Waals surface area (Å²) in [6.07, 6.45) is 4.26. The van der Waals surface area contributed by atoms with Gasteiger partial charge in [-0.25, -0.2) is 0 Å². The number of nitrogens with zero attached hydrogens (tertiary/aromatic N) is 2. The van der Waals surface area contributed by atoms with E-state index >= 15 is 0 Å². The maximum Gasteiger partial charge on any atom is 0.242 e. The van der Waals surface area contributed by atoms with E-state index in [1.54, 1.807) is 11.9 Å². The molecule has 2 fully saturated rings. The van der Waals surface area contributed by atoms with Crippen molar-refractivity contribution in [3.8, 4) is 0 Å². The van der Waals surface area contributed by atoms with Crippen molar-refractivity contribution in [2.75, 3.05) is 20.1 Å². The molecule has 2 aliphatic rings. The Kier molecular flexibility index (Phi) is 7.67. The number of imide groups is 1. The fourth-order valence-corrected chi connectivity index (χ4v) is 3.44. The molecule has 1 saturated carbocycles. The first-order chi connectivity index (χ1) is 10.8. The van der Waals surface area contributed by atoms with Crippen LogP contribution in [-0.2, 0) is 14.4 Å². The molecule has 0 aromatic heterocycles. The Morgan fingerprint density at radius 2 is 1.71 bits per heavy atom. The zero-order valence-corrected chi connectivity index (χ0v) is 15.7. The van der Waals surface area contributed by atoms with Gasteiger partial charge in [0.05, 0.1) is 11.8 Å². The van der Waals surface area contributed by atoms with Gasteiger partial charge in [0.15, 0.2) is 0 Å². The highest BCUT2D eigenvalue weighted by Crippen LogP contribution is 2.37. The second-order valence-corrected chi connectivity index (χ2v) is 7.27. The van der Waals surface area contributed by atoms with Gasteiger partial charge in [-0.3, -0.25) is 19.3 Å². The third-order valence-electron chi connectivity index (χ3n) is 5.31. The van der Waals surface area contributed by atoms with Crippen LogP contribution in [0, 0.1) is 17.8 Å². The molecule has 3 atom stereocenters. The monoisotopic (exact) mass is 359 g/mol. The van der Waals surface area contributed by atoms with Gasteiger partial charge in [0.25, 0.3) is 0 Å². The number of carbonyl (C=O) groups is 3. The molecule has 1 aliphatic carbocycles. The predicted octanol–water partition coefficient (Wildman–Crippen LogP) is 1.42. The number of amides is 3. The van der Waals surface area contributed by atoms with Crippen molar-refractivity contribution in [1.82, 2.24) is 9.80 Å². The molecule has 3 amide bonds. The summed E-state index contributed by atoms with van der Waals surface area (Å²) < 4.78 is 0. The Hall–Kier alpha value is -1.14. The summed E-state index contributed by atoms with van der Waals surface area (Å²) in [7, 11) is 1.70. The molecule has 2 rings (SSSR count). The average molecular weight is 360 g/mol. The van der Waals surface area contributed by atoms with Crippen LogP contribution >= 0.6 is 12.4 Å². The first-order valence-corrected chi connectivity index (χ1v) is 8.67. The Balaban J connectivity index is 0.00000288. The Labute approximate surface area is 150 Å². The molecule has 7 heteroatoms. The summed E-state index contributed by atoms with van der Waals surface area (Å²) in [5, 5.41) is 0. The van der Waals surface area contributed by atoms with Gasteiger partial charge in [-0.05, 0) is 25.2 Å². The number of rotatable bonds is 6. The zero-order valence-electron chi connectivity index (χ0n) is 14.9. The highest BCUT2D eigenvalue weighted by atomic mass is 35.5. The van der Waals surface area contributed by atoms with Crippen LogP contribution < -0.4 is 5.73 Å². The summed E-state index contributed by atoms with van der Waals surface area (Å²) in [6, 6.07) is 0.0446. The molecule has 3 unspecified atom stereocenters. The maximum atomic E-state index is 12.4. The average Bonchev–Trinajstić information content (AvgIpc) is 2.77. The zero-order chi connectivity index (χ0) is 17.1. The van der Waals surface area contributed by atoms with Crippen molar-refractivity contribution in [3.63, 3.8) is 0 Å². The minimum atomic E-state index is -0.193. The van der Waals surface area contributed by atoms with E-state index in [-0.39, 0.29) is 54.6 Å². The number of carbonyl (C=O) groups excluding carboxylic acids is 3. The fourth-order valence-electron chi connectivity index (χ4n) is 3.44. The third-order valence-corrected chi connectivity index (χ3v) is 5.31. The van der Waals surface area contributed by atoms with Crippen LogP contribution in [0.1, 0.15) is 46.0 Å². The lowest BCUT2D eigenvalue weighted by Crippen LogP contribution is -2.43. The summed E-state index contributed by atoms with van der Waals surface area (Å²) in [4.78, 5) is 39.8. The third kappa shape index (κ3) is 4.48. The first kappa shape index (κ1) is 20.9. The van der Waals surface area contributed by atoms with E-state index in [1.807, 2.05) is 0 Å². The number of halogens is 1. The number of hydrogen-bond acceptors (Lipinski definition) is 4. The van der Waals surface area contributed by atoms with Gasteiger partial charge >= 0.3 is 0 Å². The molecule has 2 N–H and O–H groups in total. The fraction of sp³-hybridized carbons (Fsp3) is 0.824. The second kappa shape index (κ2) is 8.81. The lowest BCUT2D eigenvalue weighted by molar-refractivity contribution is -0.146. The van der Waals surface area contributed by atoms with Crippen LogP contribution in [0.2, 0.25) is 0 Å². The molecule has 138 valence electrons. The molecule has 24 heavy (non-hydrogen) atoms. The number of likely N-dealkylation sites (tertiary alicyclic amines) is 1. The largest absolute Gasteiger partial charge is 0.344 e. The van der Waals surface area contributed by atoms with Gasteiger partial charge in [-0.1, -0.05) is 26.7 Å². The summed E-state index contributed by atoms with van der Waals surface area (Å²) in [5.74, 6) is -0.516. The lowest BCUT2D eigenvalue weighted by atomic mass is 9.81. The van der Waals surface area contributed by atoms with Crippen molar-refractivity contribution in [1.29, 1.82) is 0 Å². The van der Waals surface area contributed by atoms with Crippen LogP contribution in [0.3, 0.4) is 0 Å². The lowest BCUT2D eigenvalue weighted by Gasteiger charge is -2.23. The molecule has 1 aliphatic heterocycles. The second-order valence-electron chi connectivity index (χ2n) is 7.27. The van der Waals surface area contributed by atoms with Gasteiger partial charge in [-0.2, -0.15) is 0 Å². The van der Waals surface area contributed by atoms with E-state index < -0.39 is 0 Å². The van der Waals surface area contributed by atoms with E-state index in [0.717, 1.165) is 25.7 Å². The topological polar surface area (TPSA) is 83.7 Å². The molecule has 0 radical (unpaired) electrons. The van der Waals surface area contributed by atoms with Crippen molar-refractivity contribution < 1.29 is 14.4 Å². The molecule has 6 nitrogen and oxygen atoms in total. The van der Waals surface area contributed by atoms with E-state index in [4.69, 9.17) is 5.73 Å². The van der Waals surface area contributed by atoms with Crippen molar-refractivity contribution in [2.24, 2.45) is 23.5 Å². The molecule has 0 aromatic carbocycles. The molecular formula is C17H30ClN3O3. The van der Waals surface area contributed by atoms with E-state index in [1.165, 1.54) is 4.90 Å². The van der Waals surface area contributed by atoms with Crippen LogP contribution in [0.15, 0.2) is 0 Å². The molecule has 0 spiro atoms. The number of fused-ring (bicyclic) bond motifs is 1. The van der Waals surface area contributed by atoms with Crippen LogP contribution in [0.5, 0.6) is 0 Å². The normalized spacial score (nSPS) is 24.6. The Morgan fingerprint density at radius 3 is 2.17 bits per heavy atom. The molecule has 1 heterocycles. The van der Waals surface area contributed by atoms with E-state index in [2.05, 4.69) is 13.8 Å².